The molecule has 2 atom stereocenters. The summed E-state index contributed by atoms with van der Waals surface area (Å²) in [4.78, 5) is 37.7. The summed E-state index contributed by atoms with van der Waals surface area (Å²) in [6.07, 6.45) is 2.15. The summed E-state index contributed by atoms with van der Waals surface area (Å²) >= 11 is 0. The standard InChI is InChI=1S/C20H32O5/c1-6-7-15(21)17-18(23)14(10-8-12(2)3)20(25,19(17)24)16(22)11-9-13(4)5/h12-14,24-25H,6-11H2,1-5H3/t14-,20-/m1/s1. The number of carbonyl (C=O) groups is 3. The van der Waals surface area contributed by atoms with Crippen molar-refractivity contribution in [2.24, 2.45) is 17.8 Å². The largest absolute Gasteiger partial charge is 0.508 e. The minimum absolute atomic E-state index is 0.0684. The fourth-order valence-corrected chi connectivity index (χ4v) is 3.23. The minimum atomic E-state index is -2.25. The molecule has 2 N–H and O–H groups in total. The van der Waals surface area contributed by atoms with Crippen LogP contribution in [-0.4, -0.2) is 33.2 Å². The summed E-state index contributed by atoms with van der Waals surface area (Å²) in [6.45, 7) is 9.68. The lowest BCUT2D eigenvalue weighted by Gasteiger charge is -2.28. The molecule has 1 rings (SSSR count). The summed E-state index contributed by atoms with van der Waals surface area (Å²) < 4.78 is 0. The molecular weight excluding hydrogens is 320 g/mol. The average molecular weight is 352 g/mol. The zero-order chi connectivity index (χ0) is 19.4. The Balaban J connectivity index is 3.25. The van der Waals surface area contributed by atoms with Gasteiger partial charge in [-0.25, -0.2) is 0 Å². The smallest absolute Gasteiger partial charge is 0.190 e. The number of Topliss-reactive ketones (excluding diaryl/α,β-unsaturated/α-hetero) is 3. The van der Waals surface area contributed by atoms with Crippen LogP contribution in [0.3, 0.4) is 0 Å². The molecular formula is C20H32O5. The van der Waals surface area contributed by atoms with Crippen LogP contribution in [0.5, 0.6) is 0 Å². The second-order valence-electron chi connectivity index (χ2n) is 7.91. The number of rotatable bonds is 10. The Labute approximate surface area is 150 Å². The van der Waals surface area contributed by atoms with E-state index in [0.717, 1.165) is 0 Å². The van der Waals surface area contributed by atoms with Crippen molar-refractivity contribution in [1.29, 1.82) is 0 Å². The molecule has 1 aliphatic rings. The van der Waals surface area contributed by atoms with E-state index in [1.165, 1.54) is 0 Å². The highest BCUT2D eigenvalue weighted by atomic mass is 16.3. The summed E-state index contributed by atoms with van der Waals surface area (Å²) in [6, 6.07) is 0. The molecule has 0 heterocycles. The van der Waals surface area contributed by atoms with E-state index < -0.39 is 34.6 Å². The highest BCUT2D eigenvalue weighted by Crippen LogP contribution is 2.42. The number of carbonyl (C=O) groups excluding carboxylic acids is 3. The van der Waals surface area contributed by atoms with Gasteiger partial charge < -0.3 is 10.2 Å². The number of aliphatic hydroxyl groups is 2. The van der Waals surface area contributed by atoms with Gasteiger partial charge in [0.2, 0.25) is 0 Å². The lowest BCUT2D eigenvalue weighted by atomic mass is 9.79. The Morgan fingerprint density at radius 3 is 2.12 bits per heavy atom. The molecule has 0 fully saturated rings. The van der Waals surface area contributed by atoms with E-state index in [-0.39, 0.29) is 36.7 Å². The van der Waals surface area contributed by atoms with Gasteiger partial charge in [0.15, 0.2) is 23.0 Å². The first-order chi connectivity index (χ1) is 11.6. The van der Waals surface area contributed by atoms with Gasteiger partial charge in [0, 0.05) is 12.8 Å². The molecule has 0 unspecified atom stereocenters. The highest BCUT2D eigenvalue weighted by molar-refractivity contribution is 6.25. The Bertz CT molecular complexity index is 558. The average Bonchev–Trinajstić information content (AvgIpc) is 2.70. The van der Waals surface area contributed by atoms with Gasteiger partial charge in [-0.15, -0.1) is 0 Å². The molecule has 0 spiro atoms. The molecule has 0 saturated carbocycles. The van der Waals surface area contributed by atoms with Crippen molar-refractivity contribution in [2.75, 3.05) is 0 Å². The van der Waals surface area contributed by atoms with Gasteiger partial charge >= 0.3 is 0 Å². The van der Waals surface area contributed by atoms with Crippen LogP contribution in [0.1, 0.15) is 73.1 Å². The third kappa shape index (κ3) is 4.57. The minimum Gasteiger partial charge on any atom is -0.508 e. The number of hydrogen-bond donors (Lipinski definition) is 2. The maximum Gasteiger partial charge on any atom is 0.190 e. The van der Waals surface area contributed by atoms with Gasteiger partial charge in [-0.1, -0.05) is 41.0 Å². The van der Waals surface area contributed by atoms with Crippen LogP contribution in [0.2, 0.25) is 0 Å². The Hall–Kier alpha value is -1.49. The van der Waals surface area contributed by atoms with Crippen LogP contribution in [0.25, 0.3) is 0 Å². The maximum atomic E-state index is 12.8. The third-order valence-corrected chi connectivity index (χ3v) is 4.83. The Morgan fingerprint density at radius 1 is 1.08 bits per heavy atom. The lowest BCUT2D eigenvalue weighted by Crippen LogP contribution is -2.47. The van der Waals surface area contributed by atoms with Gasteiger partial charge in [0.25, 0.3) is 0 Å². The monoisotopic (exact) mass is 352 g/mol. The van der Waals surface area contributed by atoms with E-state index in [9.17, 15) is 24.6 Å². The zero-order valence-corrected chi connectivity index (χ0v) is 16.1. The topological polar surface area (TPSA) is 91.7 Å². The van der Waals surface area contributed by atoms with Gasteiger partial charge in [-0.3, -0.25) is 14.4 Å². The van der Waals surface area contributed by atoms with Crippen molar-refractivity contribution < 1.29 is 24.6 Å². The van der Waals surface area contributed by atoms with Crippen LogP contribution in [0.4, 0.5) is 0 Å². The van der Waals surface area contributed by atoms with E-state index in [1.54, 1.807) is 6.92 Å². The molecule has 0 bridgehead atoms. The van der Waals surface area contributed by atoms with Crippen LogP contribution in [0, 0.1) is 17.8 Å². The van der Waals surface area contributed by atoms with Crippen molar-refractivity contribution >= 4 is 17.3 Å². The molecule has 0 aromatic rings. The predicted octanol–water partition coefficient (Wildman–Crippen LogP) is 3.54. The number of aliphatic hydroxyl groups excluding tert-OH is 1. The second-order valence-corrected chi connectivity index (χ2v) is 7.91. The maximum absolute atomic E-state index is 12.8. The molecule has 0 amide bonds. The quantitative estimate of drug-likeness (QED) is 0.587. The summed E-state index contributed by atoms with van der Waals surface area (Å²) in [5, 5.41) is 21.6. The Kier molecular flexibility index (Phi) is 7.54. The predicted molar refractivity (Wildman–Crippen MR) is 96.2 cm³/mol. The number of hydrogen-bond acceptors (Lipinski definition) is 5. The molecule has 1 aliphatic carbocycles. The Morgan fingerprint density at radius 2 is 1.64 bits per heavy atom. The number of allylic oxidation sites excluding steroid dienone is 1. The molecule has 142 valence electrons. The van der Waals surface area contributed by atoms with Crippen LogP contribution >= 0.6 is 0 Å². The van der Waals surface area contributed by atoms with Crippen molar-refractivity contribution in [3.63, 3.8) is 0 Å². The van der Waals surface area contributed by atoms with Gasteiger partial charge in [0.05, 0.1) is 5.92 Å². The third-order valence-electron chi connectivity index (χ3n) is 4.83. The summed E-state index contributed by atoms with van der Waals surface area (Å²) in [7, 11) is 0. The summed E-state index contributed by atoms with van der Waals surface area (Å²) in [5.74, 6) is -2.90. The molecule has 25 heavy (non-hydrogen) atoms. The molecule has 5 heteroatoms. The fourth-order valence-electron chi connectivity index (χ4n) is 3.23. The van der Waals surface area contributed by atoms with E-state index >= 15 is 0 Å². The summed E-state index contributed by atoms with van der Waals surface area (Å²) in [5.41, 5.74) is -2.62. The van der Waals surface area contributed by atoms with Crippen LogP contribution in [0.15, 0.2) is 11.3 Å². The van der Waals surface area contributed by atoms with Crippen molar-refractivity contribution in [3.8, 4) is 0 Å². The first kappa shape index (κ1) is 21.6. The first-order valence-electron chi connectivity index (χ1n) is 9.34. The van der Waals surface area contributed by atoms with Crippen LogP contribution < -0.4 is 0 Å². The first-order valence-corrected chi connectivity index (χ1v) is 9.34. The van der Waals surface area contributed by atoms with E-state index in [1.807, 2.05) is 27.7 Å². The van der Waals surface area contributed by atoms with Gasteiger partial charge in [0.1, 0.15) is 11.3 Å². The normalized spacial score (nSPS) is 23.8. The molecule has 0 aliphatic heterocycles. The second kappa shape index (κ2) is 8.75. The van der Waals surface area contributed by atoms with E-state index in [4.69, 9.17) is 0 Å². The lowest BCUT2D eigenvalue weighted by molar-refractivity contribution is -0.145. The molecule has 0 saturated heterocycles. The van der Waals surface area contributed by atoms with Crippen LogP contribution in [-0.2, 0) is 14.4 Å². The van der Waals surface area contributed by atoms with E-state index in [2.05, 4.69) is 0 Å². The molecule has 0 aromatic heterocycles. The molecule has 0 aromatic carbocycles. The van der Waals surface area contributed by atoms with E-state index in [0.29, 0.717) is 19.3 Å². The van der Waals surface area contributed by atoms with Gasteiger partial charge in [-0.2, -0.15) is 0 Å². The van der Waals surface area contributed by atoms with Crippen molar-refractivity contribution in [3.05, 3.63) is 11.3 Å². The number of ketones is 3. The van der Waals surface area contributed by atoms with Gasteiger partial charge in [-0.05, 0) is 31.1 Å². The van der Waals surface area contributed by atoms with Crippen molar-refractivity contribution in [2.45, 2.75) is 78.7 Å². The zero-order valence-electron chi connectivity index (χ0n) is 16.1. The molecule has 0 radical (unpaired) electrons. The molecule has 5 nitrogen and oxygen atoms in total. The SMILES string of the molecule is CCCC(=O)C1=C(O)[C@](O)(C(=O)CCC(C)C)[C@H](CCC(C)C)C1=O. The fraction of sp³-hybridized carbons (Fsp3) is 0.750. The highest BCUT2D eigenvalue weighted by Gasteiger charge is 2.58. The van der Waals surface area contributed by atoms with Crippen molar-refractivity contribution in [1.82, 2.24) is 0 Å².